The summed E-state index contributed by atoms with van der Waals surface area (Å²) < 4.78 is 10.9. The SMILES string of the molecule is CC[C@H](OC1CCCC1)C(=O)N[C@H](C)c1nc(C)no1. The first-order chi connectivity index (χ1) is 9.60. The normalized spacial score (nSPS) is 18.9. The van der Waals surface area contributed by atoms with Crippen LogP contribution in [-0.4, -0.2) is 28.3 Å². The first kappa shape index (κ1) is 15.0. The van der Waals surface area contributed by atoms with E-state index in [9.17, 15) is 4.79 Å². The highest BCUT2D eigenvalue weighted by Crippen LogP contribution is 2.23. The Kier molecular flexibility index (Phi) is 5.11. The van der Waals surface area contributed by atoms with Gasteiger partial charge in [0.25, 0.3) is 0 Å². The maximum atomic E-state index is 12.2. The summed E-state index contributed by atoms with van der Waals surface area (Å²) in [6.45, 7) is 5.54. The minimum absolute atomic E-state index is 0.109. The molecule has 112 valence electrons. The van der Waals surface area contributed by atoms with Crippen LogP contribution < -0.4 is 5.32 Å². The monoisotopic (exact) mass is 281 g/mol. The predicted octanol–water partition coefficient (Wildman–Crippen LogP) is 2.29. The molecule has 0 unspecified atom stereocenters. The van der Waals surface area contributed by atoms with Crippen LogP contribution in [0.25, 0.3) is 0 Å². The molecule has 2 atom stereocenters. The Bertz CT molecular complexity index is 441. The van der Waals surface area contributed by atoms with E-state index < -0.39 is 6.10 Å². The fourth-order valence-corrected chi connectivity index (χ4v) is 2.46. The van der Waals surface area contributed by atoms with Gasteiger partial charge in [0.2, 0.25) is 11.8 Å². The highest BCUT2D eigenvalue weighted by Gasteiger charge is 2.26. The van der Waals surface area contributed by atoms with Gasteiger partial charge in [-0.1, -0.05) is 24.9 Å². The van der Waals surface area contributed by atoms with Crippen LogP contribution in [0.5, 0.6) is 0 Å². The molecule has 1 aliphatic rings. The lowest BCUT2D eigenvalue weighted by Crippen LogP contribution is -2.39. The van der Waals surface area contributed by atoms with E-state index in [1.807, 2.05) is 13.8 Å². The third-order valence-electron chi connectivity index (χ3n) is 3.59. The summed E-state index contributed by atoms with van der Waals surface area (Å²) in [6, 6.07) is -0.301. The Morgan fingerprint density at radius 3 is 2.75 bits per heavy atom. The zero-order valence-electron chi connectivity index (χ0n) is 12.4. The van der Waals surface area contributed by atoms with Gasteiger partial charge in [-0.25, -0.2) is 0 Å². The summed E-state index contributed by atoms with van der Waals surface area (Å²) in [5.41, 5.74) is 0. The van der Waals surface area contributed by atoms with Crippen molar-refractivity contribution in [3.63, 3.8) is 0 Å². The third-order valence-corrected chi connectivity index (χ3v) is 3.59. The molecule has 0 aliphatic heterocycles. The number of nitrogens with zero attached hydrogens (tertiary/aromatic N) is 2. The summed E-state index contributed by atoms with van der Waals surface area (Å²) in [7, 11) is 0. The summed E-state index contributed by atoms with van der Waals surface area (Å²) in [5, 5.41) is 6.60. The molecule has 1 aromatic heterocycles. The zero-order chi connectivity index (χ0) is 14.5. The largest absolute Gasteiger partial charge is 0.365 e. The predicted molar refractivity (Wildman–Crippen MR) is 73.0 cm³/mol. The van der Waals surface area contributed by atoms with Gasteiger partial charge in [0.05, 0.1) is 6.10 Å². The molecule has 0 radical (unpaired) electrons. The van der Waals surface area contributed by atoms with Crippen molar-refractivity contribution >= 4 is 5.91 Å². The number of rotatable bonds is 6. The molecule has 1 N–H and O–H groups in total. The van der Waals surface area contributed by atoms with Crippen LogP contribution in [0.2, 0.25) is 0 Å². The number of hydrogen-bond donors (Lipinski definition) is 1. The van der Waals surface area contributed by atoms with Gasteiger partial charge in [-0.3, -0.25) is 4.79 Å². The van der Waals surface area contributed by atoms with Gasteiger partial charge < -0.3 is 14.6 Å². The van der Waals surface area contributed by atoms with Crippen LogP contribution in [0.4, 0.5) is 0 Å². The molecule has 1 heterocycles. The lowest BCUT2D eigenvalue weighted by Gasteiger charge is -2.21. The smallest absolute Gasteiger partial charge is 0.249 e. The topological polar surface area (TPSA) is 77.2 Å². The van der Waals surface area contributed by atoms with Crippen LogP contribution >= 0.6 is 0 Å². The molecular weight excluding hydrogens is 258 g/mol. The Hall–Kier alpha value is -1.43. The van der Waals surface area contributed by atoms with Gasteiger partial charge in [0.1, 0.15) is 12.1 Å². The highest BCUT2D eigenvalue weighted by molar-refractivity contribution is 5.81. The molecule has 1 aromatic rings. The second-order valence-electron chi connectivity index (χ2n) is 5.35. The lowest BCUT2D eigenvalue weighted by molar-refractivity contribution is -0.137. The van der Waals surface area contributed by atoms with Crippen molar-refractivity contribution in [1.29, 1.82) is 0 Å². The minimum atomic E-state index is -0.399. The second-order valence-corrected chi connectivity index (χ2v) is 5.35. The van der Waals surface area contributed by atoms with Crippen LogP contribution in [-0.2, 0) is 9.53 Å². The van der Waals surface area contributed by atoms with Crippen LogP contribution in [0.3, 0.4) is 0 Å². The van der Waals surface area contributed by atoms with Crippen molar-refractivity contribution in [2.24, 2.45) is 0 Å². The Labute approximate surface area is 119 Å². The van der Waals surface area contributed by atoms with Gasteiger partial charge in [0.15, 0.2) is 5.82 Å². The van der Waals surface area contributed by atoms with Crippen molar-refractivity contribution in [3.05, 3.63) is 11.7 Å². The molecule has 1 amide bonds. The molecular formula is C14H23N3O3. The summed E-state index contributed by atoms with van der Waals surface area (Å²) >= 11 is 0. The van der Waals surface area contributed by atoms with Crippen LogP contribution in [0.15, 0.2) is 4.52 Å². The van der Waals surface area contributed by atoms with Gasteiger partial charge in [-0.2, -0.15) is 4.98 Å². The Morgan fingerprint density at radius 2 is 2.20 bits per heavy atom. The molecule has 20 heavy (non-hydrogen) atoms. The Morgan fingerprint density at radius 1 is 1.50 bits per heavy atom. The van der Waals surface area contributed by atoms with Gasteiger partial charge in [0, 0.05) is 0 Å². The number of ether oxygens (including phenoxy) is 1. The molecule has 0 bridgehead atoms. The first-order valence-electron chi connectivity index (χ1n) is 7.36. The average molecular weight is 281 g/mol. The van der Waals surface area contributed by atoms with Gasteiger partial charge in [-0.15, -0.1) is 0 Å². The lowest BCUT2D eigenvalue weighted by atomic mass is 10.2. The second kappa shape index (κ2) is 6.83. The number of aryl methyl sites for hydroxylation is 1. The summed E-state index contributed by atoms with van der Waals surface area (Å²) in [5.74, 6) is 0.879. The maximum absolute atomic E-state index is 12.2. The molecule has 6 heteroatoms. The molecule has 2 rings (SSSR count). The fraction of sp³-hybridized carbons (Fsp3) is 0.786. The maximum Gasteiger partial charge on any atom is 0.249 e. The van der Waals surface area contributed by atoms with Gasteiger partial charge >= 0.3 is 0 Å². The number of carbonyl (C=O) groups excluding carboxylic acids is 1. The van der Waals surface area contributed by atoms with Gasteiger partial charge in [-0.05, 0) is 33.1 Å². The first-order valence-corrected chi connectivity index (χ1v) is 7.36. The number of carbonyl (C=O) groups is 1. The van der Waals surface area contributed by atoms with E-state index in [-0.39, 0.29) is 18.1 Å². The molecule has 0 aromatic carbocycles. The Balaban J connectivity index is 1.87. The van der Waals surface area contributed by atoms with Crippen molar-refractivity contribution < 1.29 is 14.1 Å². The van der Waals surface area contributed by atoms with E-state index >= 15 is 0 Å². The number of aromatic nitrogens is 2. The third kappa shape index (κ3) is 3.79. The molecule has 0 saturated heterocycles. The zero-order valence-corrected chi connectivity index (χ0v) is 12.4. The standard InChI is InChI=1S/C14H23N3O3/c1-4-12(19-11-7-5-6-8-11)13(18)15-9(2)14-16-10(3)17-20-14/h9,11-12H,4-8H2,1-3H3,(H,15,18)/t9-,12+/m1/s1. The average Bonchev–Trinajstić information content (AvgIpc) is 3.06. The van der Waals surface area contributed by atoms with E-state index in [1.54, 1.807) is 6.92 Å². The number of nitrogens with one attached hydrogen (secondary N) is 1. The van der Waals surface area contributed by atoms with Crippen molar-refractivity contribution in [1.82, 2.24) is 15.5 Å². The van der Waals surface area contributed by atoms with E-state index in [0.29, 0.717) is 18.1 Å². The highest BCUT2D eigenvalue weighted by atomic mass is 16.5. The van der Waals surface area contributed by atoms with E-state index in [2.05, 4.69) is 15.5 Å². The van der Waals surface area contributed by atoms with Crippen LogP contribution in [0, 0.1) is 6.92 Å². The summed E-state index contributed by atoms with van der Waals surface area (Å²) in [4.78, 5) is 16.3. The van der Waals surface area contributed by atoms with Crippen molar-refractivity contribution in [2.75, 3.05) is 0 Å². The molecule has 1 saturated carbocycles. The van der Waals surface area contributed by atoms with Crippen molar-refractivity contribution in [3.8, 4) is 0 Å². The molecule has 1 aliphatic carbocycles. The van der Waals surface area contributed by atoms with Crippen molar-refractivity contribution in [2.45, 2.75) is 71.1 Å². The fourth-order valence-electron chi connectivity index (χ4n) is 2.46. The molecule has 6 nitrogen and oxygen atoms in total. The van der Waals surface area contributed by atoms with Crippen LogP contribution in [0.1, 0.15) is 63.7 Å². The number of amides is 1. The van der Waals surface area contributed by atoms with E-state index in [1.165, 1.54) is 12.8 Å². The van der Waals surface area contributed by atoms with E-state index in [0.717, 1.165) is 12.8 Å². The quantitative estimate of drug-likeness (QED) is 0.865. The number of hydrogen-bond acceptors (Lipinski definition) is 5. The molecule has 1 fully saturated rings. The minimum Gasteiger partial charge on any atom is -0.365 e. The summed E-state index contributed by atoms with van der Waals surface area (Å²) in [6.07, 6.45) is 5.00. The molecule has 0 spiro atoms. The van der Waals surface area contributed by atoms with E-state index in [4.69, 9.17) is 9.26 Å².